The van der Waals surface area contributed by atoms with Crippen LogP contribution >= 0.6 is 15.9 Å². The summed E-state index contributed by atoms with van der Waals surface area (Å²) in [6.45, 7) is 2.35. The molecule has 2 N–H and O–H groups in total. The summed E-state index contributed by atoms with van der Waals surface area (Å²) in [6.07, 6.45) is 5.11. The van der Waals surface area contributed by atoms with Crippen LogP contribution in [-0.4, -0.2) is 88.7 Å². The van der Waals surface area contributed by atoms with Gasteiger partial charge < -0.3 is 29.7 Å². The summed E-state index contributed by atoms with van der Waals surface area (Å²) in [4.78, 5) is 57.4. The number of halogens is 1. The molecule has 0 unspecified atom stereocenters. The van der Waals surface area contributed by atoms with E-state index in [2.05, 4.69) is 21.2 Å². The number of esters is 1. The molecule has 11 heteroatoms. The molecule has 2 saturated heterocycles. The number of aliphatic hydroxyl groups excluding tert-OH is 1. The van der Waals surface area contributed by atoms with Crippen molar-refractivity contribution in [2.75, 3.05) is 26.2 Å². The average molecular weight is 617 g/mol. The zero-order valence-corrected chi connectivity index (χ0v) is 23.9. The highest BCUT2D eigenvalue weighted by Crippen LogP contribution is 2.58. The van der Waals surface area contributed by atoms with E-state index in [1.807, 2.05) is 42.5 Å². The molecular weight excluding hydrogens is 582 g/mol. The fourth-order valence-electron chi connectivity index (χ4n) is 6.15. The first-order valence-electron chi connectivity index (χ1n) is 13.7. The quantitative estimate of drug-likeness (QED) is 0.381. The Labute approximate surface area is 241 Å². The molecule has 40 heavy (non-hydrogen) atoms. The van der Waals surface area contributed by atoms with Gasteiger partial charge in [0.25, 0.3) is 0 Å². The number of aliphatic hydroxyl groups is 1. The SMILES string of the molecule is C[C@@H]1CNC(=O)CC/C=C\CN(Cc2ccccc2)C(=O)[C@@H]2N(CCCO)C(=O)[C@H]3[C@H](C(=O)O1)[C@H]1O[C@@]23C=C1Br. The van der Waals surface area contributed by atoms with Gasteiger partial charge in [-0.2, -0.15) is 0 Å². The monoisotopic (exact) mass is 615 g/mol. The van der Waals surface area contributed by atoms with Crippen LogP contribution in [0.2, 0.25) is 0 Å². The third kappa shape index (κ3) is 5.22. The standard InChI is InChI=1S/C29H34BrN3O7/c1-18-16-31-21(35)11-6-3-7-12-32(17-19-9-4-2-5-10-19)27(37)25-29-15-20(30)24(40-29)22(28(38)39-18)23(29)26(36)33(25)13-8-14-34/h2-5,7,9-10,15,18,22-25,34H,6,8,11-14,16-17H2,1H3,(H,31,35)/b7-3-/t18-,22+,23-,24+,25+,29-/m1/s1. The molecule has 5 rings (SSSR count). The van der Waals surface area contributed by atoms with Crippen molar-refractivity contribution in [1.82, 2.24) is 15.1 Å². The van der Waals surface area contributed by atoms with E-state index in [0.717, 1.165) is 5.56 Å². The molecule has 0 aromatic heterocycles. The number of ether oxygens (including phenoxy) is 2. The van der Waals surface area contributed by atoms with Crippen LogP contribution in [0.15, 0.2) is 53.0 Å². The molecule has 0 radical (unpaired) electrons. The van der Waals surface area contributed by atoms with Gasteiger partial charge in [0.1, 0.15) is 29.8 Å². The molecule has 214 valence electrons. The predicted octanol–water partition coefficient (Wildman–Crippen LogP) is 1.67. The Bertz CT molecular complexity index is 1220. The number of allylic oxidation sites excluding steroid dienone is 1. The zero-order chi connectivity index (χ0) is 28.4. The van der Waals surface area contributed by atoms with Crippen LogP contribution in [0.1, 0.15) is 31.7 Å². The number of fused-ring (bicyclic) bond motifs is 2. The molecule has 2 fully saturated rings. The lowest BCUT2D eigenvalue weighted by atomic mass is 9.74. The molecule has 1 aromatic carbocycles. The van der Waals surface area contributed by atoms with Crippen molar-refractivity contribution < 1.29 is 33.8 Å². The molecule has 4 aliphatic heterocycles. The molecule has 1 aromatic rings. The summed E-state index contributed by atoms with van der Waals surface area (Å²) < 4.78 is 12.7. The van der Waals surface area contributed by atoms with Crippen molar-refractivity contribution in [2.24, 2.45) is 11.8 Å². The minimum atomic E-state index is -1.36. The van der Waals surface area contributed by atoms with Crippen molar-refractivity contribution in [3.63, 3.8) is 0 Å². The molecule has 1 spiro atoms. The minimum Gasteiger partial charge on any atom is -0.460 e. The third-order valence-corrected chi connectivity index (χ3v) is 8.63. The highest BCUT2D eigenvalue weighted by atomic mass is 79.9. The Morgan fingerprint density at radius 2 is 1.90 bits per heavy atom. The van der Waals surface area contributed by atoms with Crippen LogP contribution in [0.4, 0.5) is 0 Å². The van der Waals surface area contributed by atoms with Gasteiger partial charge in [-0.1, -0.05) is 58.4 Å². The number of hydrogen-bond donors (Lipinski definition) is 2. The summed E-state index contributed by atoms with van der Waals surface area (Å²) >= 11 is 3.53. The number of nitrogens with zero attached hydrogens (tertiary/aromatic N) is 2. The molecule has 10 nitrogen and oxygen atoms in total. The Balaban J connectivity index is 1.57. The predicted molar refractivity (Wildman–Crippen MR) is 148 cm³/mol. The topological polar surface area (TPSA) is 125 Å². The van der Waals surface area contributed by atoms with Gasteiger partial charge in [-0.15, -0.1) is 0 Å². The van der Waals surface area contributed by atoms with Crippen molar-refractivity contribution in [1.29, 1.82) is 0 Å². The van der Waals surface area contributed by atoms with E-state index < -0.39 is 41.7 Å². The second kappa shape index (κ2) is 11.8. The van der Waals surface area contributed by atoms with Crippen LogP contribution in [-0.2, 0) is 35.2 Å². The lowest BCUT2D eigenvalue weighted by Gasteiger charge is -2.36. The van der Waals surface area contributed by atoms with Crippen molar-refractivity contribution in [2.45, 2.75) is 56.6 Å². The highest BCUT2D eigenvalue weighted by Gasteiger charge is 2.74. The van der Waals surface area contributed by atoms with Gasteiger partial charge in [-0.25, -0.2) is 0 Å². The molecule has 4 heterocycles. The Kier molecular flexibility index (Phi) is 8.44. The Morgan fingerprint density at radius 3 is 2.65 bits per heavy atom. The third-order valence-electron chi connectivity index (χ3n) is 7.95. The maximum absolute atomic E-state index is 14.5. The Hall–Kier alpha value is -3.02. The van der Waals surface area contributed by atoms with Crippen molar-refractivity contribution in [3.8, 4) is 0 Å². The van der Waals surface area contributed by atoms with E-state index in [0.29, 0.717) is 17.4 Å². The molecule has 3 amide bonds. The van der Waals surface area contributed by atoms with E-state index in [1.54, 1.807) is 17.9 Å². The lowest BCUT2D eigenvalue weighted by Crippen LogP contribution is -2.55. The number of carbonyl (C=O) groups is 4. The van der Waals surface area contributed by atoms with Gasteiger partial charge in [0.05, 0.1) is 12.5 Å². The summed E-state index contributed by atoms with van der Waals surface area (Å²) in [5.74, 6) is -3.38. The number of carbonyl (C=O) groups excluding carboxylic acids is 4. The number of cyclic esters (lactones) is 1. The zero-order valence-electron chi connectivity index (χ0n) is 22.3. The summed E-state index contributed by atoms with van der Waals surface area (Å²) in [6, 6.07) is 8.52. The largest absolute Gasteiger partial charge is 0.460 e. The molecule has 6 atom stereocenters. The Morgan fingerprint density at radius 1 is 1.12 bits per heavy atom. The highest BCUT2D eigenvalue weighted by molar-refractivity contribution is 9.11. The molecule has 4 aliphatic rings. The first kappa shape index (κ1) is 28.5. The van der Waals surface area contributed by atoms with Crippen LogP contribution < -0.4 is 5.32 Å². The lowest BCUT2D eigenvalue weighted by molar-refractivity contribution is -0.158. The number of nitrogens with one attached hydrogen (secondary N) is 1. The average Bonchev–Trinajstić information content (AvgIpc) is 3.52. The normalized spacial score (nSPS) is 33.5. The minimum absolute atomic E-state index is 0.141. The maximum Gasteiger partial charge on any atom is 0.313 e. The number of benzene rings is 1. The number of rotatable bonds is 5. The van der Waals surface area contributed by atoms with E-state index in [1.165, 1.54) is 4.90 Å². The summed E-state index contributed by atoms with van der Waals surface area (Å²) in [5, 5.41) is 12.4. The van der Waals surface area contributed by atoms with Gasteiger partial charge in [-0.3, -0.25) is 19.2 Å². The van der Waals surface area contributed by atoms with Crippen LogP contribution in [0.25, 0.3) is 0 Å². The first-order valence-corrected chi connectivity index (χ1v) is 14.5. The van der Waals surface area contributed by atoms with Gasteiger partial charge in [0.15, 0.2) is 0 Å². The molecular formula is C29H34BrN3O7. The van der Waals surface area contributed by atoms with Gasteiger partial charge in [0, 0.05) is 37.1 Å². The van der Waals surface area contributed by atoms with Gasteiger partial charge in [-0.05, 0) is 31.4 Å². The van der Waals surface area contributed by atoms with E-state index in [9.17, 15) is 24.3 Å². The number of likely N-dealkylation sites (tertiary alicyclic amines) is 1. The van der Waals surface area contributed by atoms with Crippen LogP contribution in [0.5, 0.6) is 0 Å². The number of amides is 3. The molecule has 5 bridgehead atoms. The van der Waals surface area contributed by atoms with Gasteiger partial charge in [0.2, 0.25) is 17.7 Å². The van der Waals surface area contributed by atoms with Gasteiger partial charge >= 0.3 is 5.97 Å². The second-order valence-electron chi connectivity index (χ2n) is 10.7. The maximum atomic E-state index is 14.5. The van der Waals surface area contributed by atoms with Crippen LogP contribution in [0, 0.1) is 11.8 Å². The smallest absolute Gasteiger partial charge is 0.313 e. The fourth-order valence-corrected chi connectivity index (χ4v) is 6.89. The van der Waals surface area contributed by atoms with Crippen molar-refractivity contribution in [3.05, 3.63) is 58.6 Å². The first-order chi connectivity index (χ1) is 19.3. The van der Waals surface area contributed by atoms with Crippen LogP contribution in [0.3, 0.4) is 0 Å². The van der Waals surface area contributed by atoms with E-state index in [4.69, 9.17) is 9.47 Å². The fraction of sp³-hybridized carbons (Fsp3) is 0.517. The van der Waals surface area contributed by atoms with E-state index >= 15 is 0 Å². The molecule has 0 saturated carbocycles. The van der Waals surface area contributed by atoms with Crippen molar-refractivity contribution >= 4 is 39.6 Å². The second-order valence-corrected chi connectivity index (χ2v) is 11.6. The van der Waals surface area contributed by atoms with E-state index in [-0.39, 0.29) is 56.8 Å². The summed E-state index contributed by atoms with van der Waals surface area (Å²) in [5.41, 5.74) is -0.445. The molecule has 0 aliphatic carbocycles. The summed E-state index contributed by atoms with van der Waals surface area (Å²) in [7, 11) is 0. The number of hydrogen-bond acceptors (Lipinski definition) is 7.